The SMILES string of the molecule is CN(Cc1nc2cccc(N3CCN4CCC[C@H]4C3)n2c1Cl)[C@H]1CCCc2cccnc21. The third-order valence-corrected chi connectivity index (χ3v) is 8.03. The Morgan fingerprint density at radius 3 is 2.97 bits per heavy atom. The summed E-state index contributed by atoms with van der Waals surface area (Å²) in [5.74, 6) is 1.17. The lowest BCUT2D eigenvalue weighted by molar-refractivity contribution is 0.206. The Bertz CT molecular complexity index is 1130. The molecule has 1 aliphatic carbocycles. The minimum absolute atomic E-state index is 0.316. The molecule has 5 heterocycles. The number of nitrogens with zero attached hydrogens (tertiary/aromatic N) is 6. The van der Waals surface area contributed by atoms with E-state index in [1.807, 2.05) is 12.3 Å². The molecule has 3 aromatic rings. The average molecular weight is 451 g/mol. The van der Waals surface area contributed by atoms with Crippen LogP contribution in [0.25, 0.3) is 5.65 Å². The van der Waals surface area contributed by atoms with Crippen LogP contribution in [0, 0.1) is 0 Å². The molecule has 2 aliphatic heterocycles. The third kappa shape index (κ3) is 3.49. The lowest BCUT2D eigenvalue weighted by Crippen LogP contribution is -2.50. The molecule has 0 radical (unpaired) electrons. The van der Waals surface area contributed by atoms with Crippen molar-refractivity contribution in [2.75, 3.05) is 38.1 Å². The first-order valence-corrected chi connectivity index (χ1v) is 12.4. The summed E-state index contributed by atoms with van der Waals surface area (Å²) in [5.41, 5.74) is 4.48. The monoisotopic (exact) mass is 450 g/mol. The van der Waals surface area contributed by atoms with Gasteiger partial charge in [0.1, 0.15) is 16.6 Å². The molecule has 6 rings (SSSR count). The highest BCUT2D eigenvalue weighted by molar-refractivity contribution is 6.30. The molecular weight excluding hydrogens is 420 g/mol. The van der Waals surface area contributed by atoms with E-state index < -0.39 is 0 Å². The van der Waals surface area contributed by atoms with Crippen LogP contribution in [0.3, 0.4) is 0 Å². The van der Waals surface area contributed by atoms with Gasteiger partial charge in [-0.05, 0) is 69.5 Å². The number of aromatic nitrogens is 3. The molecule has 0 amide bonds. The van der Waals surface area contributed by atoms with Crippen LogP contribution in [-0.4, -0.2) is 63.4 Å². The van der Waals surface area contributed by atoms with Crippen LogP contribution in [0.4, 0.5) is 5.82 Å². The predicted octanol–water partition coefficient (Wildman–Crippen LogP) is 4.18. The van der Waals surface area contributed by atoms with Gasteiger partial charge in [-0.2, -0.15) is 0 Å². The Morgan fingerprint density at radius 2 is 2.03 bits per heavy atom. The molecule has 0 spiro atoms. The van der Waals surface area contributed by atoms with Crippen molar-refractivity contribution in [3.8, 4) is 0 Å². The second-order valence-corrected chi connectivity index (χ2v) is 9.93. The van der Waals surface area contributed by atoms with E-state index in [9.17, 15) is 0 Å². The first-order chi connectivity index (χ1) is 15.7. The van der Waals surface area contributed by atoms with Crippen LogP contribution in [0.5, 0.6) is 0 Å². The molecule has 2 atom stereocenters. The molecule has 0 saturated carbocycles. The first-order valence-electron chi connectivity index (χ1n) is 12.0. The van der Waals surface area contributed by atoms with Crippen molar-refractivity contribution in [1.82, 2.24) is 24.2 Å². The van der Waals surface area contributed by atoms with Gasteiger partial charge >= 0.3 is 0 Å². The predicted molar refractivity (Wildman–Crippen MR) is 128 cm³/mol. The molecular formula is C25H31ClN6. The topological polar surface area (TPSA) is 39.9 Å². The van der Waals surface area contributed by atoms with Crippen molar-refractivity contribution in [1.29, 1.82) is 0 Å². The van der Waals surface area contributed by atoms with Gasteiger partial charge < -0.3 is 4.90 Å². The lowest BCUT2D eigenvalue weighted by Gasteiger charge is -2.38. The summed E-state index contributed by atoms with van der Waals surface area (Å²) in [4.78, 5) is 17.2. The van der Waals surface area contributed by atoms with Gasteiger partial charge in [-0.25, -0.2) is 4.98 Å². The summed E-state index contributed by atoms with van der Waals surface area (Å²) in [6, 6.07) is 11.6. The smallest absolute Gasteiger partial charge is 0.139 e. The van der Waals surface area contributed by atoms with E-state index in [0.29, 0.717) is 12.1 Å². The molecule has 168 valence electrons. The van der Waals surface area contributed by atoms with Gasteiger partial charge in [-0.3, -0.25) is 19.2 Å². The number of hydrogen-bond donors (Lipinski definition) is 0. The van der Waals surface area contributed by atoms with E-state index in [4.69, 9.17) is 21.6 Å². The van der Waals surface area contributed by atoms with Crippen molar-refractivity contribution in [3.63, 3.8) is 0 Å². The number of piperazine rings is 1. The summed E-state index contributed by atoms with van der Waals surface area (Å²) in [5, 5.41) is 0.744. The van der Waals surface area contributed by atoms with Gasteiger partial charge in [0.15, 0.2) is 0 Å². The van der Waals surface area contributed by atoms with Crippen molar-refractivity contribution >= 4 is 23.1 Å². The van der Waals surface area contributed by atoms with Gasteiger partial charge in [-0.1, -0.05) is 23.7 Å². The zero-order valence-electron chi connectivity index (χ0n) is 18.8. The average Bonchev–Trinajstić information content (AvgIpc) is 3.42. The molecule has 2 saturated heterocycles. The Balaban J connectivity index is 1.28. The zero-order chi connectivity index (χ0) is 21.7. The highest BCUT2D eigenvalue weighted by Gasteiger charge is 2.32. The maximum absolute atomic E-state index is 7.00. The molecule has 7 heteroatoms. The molecule has 0 unspecified atom stereocenters. The molecule has 2 fully saturated rings. The Hall–Kier alpha value is -2.15. The van der Waals surface area contributed by atoms with Gasteiger partial charge in [0.2, 0.25) is 0 Å². The van der Waals surface area contributed by atoms with Crippen LogP contribution < -0.4 is 4.90 Å². The highest BCUT2D eigenvalue weighted by atomic mass is 35.5. The van der Waals surface area contributed by atoms with E-state index in [1.54, 1.807) is 0 Å². The Morgan fingerprint density at radius 1 is 1.09 bits per heavy atom. The normalized spacial score (nSPS) is 23.7. The summed E-state index contributed by atoms with van der Waals surface area (Å²) < 4.78 is 2.16. The van der Waals surface area contributed by atoms with Gasteiger partial charge in [-0.15, -0.1) is 0 Å². The largest absolute Gasteiger partial charge is 0.355 e. The van der Waals surface area contributed by atoms with Crippen LogP contribution in [0.15, 0.2) is 36.5 Å². The van der Waals surface area contributed by atoms with Crippen molar-refractivity contribution in [2.24, 2.45) is 0 Å². The fourth-order valence-corrected chi connectivity index (χ4v) is 6.27. The quantitative estimate of drug-likeness (QED) is 0.596. The fourth-order valence-electron chi connectivity index (χ4n) is 6.00. The number of rotatable bonds is 4. The number of halogens is 1. The summed E-state index contributed by atoms with van der Waals surface area (Å²) >= 11 is 7.00. The minimum atomic E-state index is 0.316. The summed E-state index contributed by atoms with van der Waals surface area (Å²) in [7, 11) is 2.18. The van der Waals surface area contributed by atoms with Crippen LogP contribution >= 0.6 is 11.6 Å². The standard InChI is InChI=1S/C25H31ClN6/c1-29(21-9-2-6-18-7-4-12-27-24(18)21)17-20-25(26)32-22(28-20)10-3-11-23(32)31-15-14-30-13-5-8-19(30)16-31/h3-4,7,10-12,19,21H,2,5-6,8-9,13-17H2,1H3/t19-,21-/m0/s1. The number of pyridine rings is 2. The van der Waals surface area contributed by atoms with Crippen LogP contribution in [0.2, 0.25) is 5.15 Å². The van der Waals surface area contributed by atoms with E-state index >= 15 is 0 Å². The zero-order valence-corrected chi connectivity index (χ0v) is 19.5. The number of anilines is 1. The molecule has 6 nitrogen and oxygen atoms in total. The lowest BCUT2D eigenvalue weighted by atomic mass is 9.91. The van der Waals surface area contributed by atoms with E-state index in [2.05, 4.69) is 50.4 Å². The fraction of sp³-hybridized carbons (Fsp3) is 0.520. The first kappa shape index (κ1) is 20.5. The van der Waals surface area contributed by atoms with E-state index in [1.165, 1.54) is 42.9 Å². The Labute approximate surface area is 194 Å². The summed E-state index contributed by atoms with van der Waals surface area (Å²) in [6.07, 6.45) is 7.99. The van der Waals surface area contributed by atoms with E-state index in [-0.39, 0.29) is 0 Å². The third-order valence-electron chi connectivity index (χ3n) is 7.64. The van der Waals surface area contributed by atoms with E-state index in [0.717, 1.165) is 55.5 Å². The molecule has 3 aromatic heterocycles. The molecule has 0 aromatic carbocycles. The highest BCUT2D eigenvalue weighted by Crippen LogP contribution is 2.34. The molecule has 3 aliphatic rings. The van der Waals surface area contributed by atoms with Gasteiger partial charge in [0, 0.05) is 38.4 Å². The number of aryl methyl sites for hydroxylation is 1. The number of fused-ring (bicyclic) bond motifs is 3. The second-order valence-electron chi connectivity index (χ2n) is 9.58. The van der Waals surface area contributed by atoms with Crippen molar-refractivity contribution in [2.45, 2.75) is 50.7 Å². The number of imidazole rings is 1. The molecule has 32 heavy (non-hydrogen) atoms. The van der Waals surface area contributed by atoms with Crippen LogP contribution in [0.1, 0.15) is 48.7 Å². The molecule has 0 N–H and O–H groups in total. The van der Waals surface area contributed by atoms with Crippen LogP contribution in [-0.2, 0) is 13.0 Å². The number of hydrogen-bond acceptors (Lipinski definition) is 5. The van der Waals surface area contributed by atoms with Crippen molar-refractivity contribution < 1.29 is 0 Å². The van der Waals surface area contributed by atoms with Gasteiger partial charge in [0.25, 0.3) is 0 Å². The maximum Gasteiger partial charge on any atom is 0.139 e. The minimum Gasteiger partial charge on any atom is -0.355 e. The summed E-state index contributed by atoms with van der Waals surface area (Å²) in [6.45, 7) is 5.23. The Kier molecular flexibility index (Phi) is 5.32. The molecule has 0 bridgehead atoms. The second kappa shape index (κ2) is 8.32. The maximum atomic E-state index is 7.00. The van der Waals surface area contributed by atoms with Crippen molar-refractivity contribution in [3.05, 3.63) is 58.6 Å². The van der Waals surface area contributed by atoms with Gasteiger partial charge in [0.05, 0.1) is 17.4 Å².